The van der Waals surface area contributed by atoms with E-state index in [0.29, 0.717) is 17.7 Å². The van der Waals surface area contributed by atoms with Gasteiger partial charge in [-0.1, -0.05) is 31.0 Å². The van der Waals surface area contributed by atoms with Crippen LogP contribution in [-0.4, -0.2) is 11.6 Å². The lowest BCUT2D eigenvalue weighted by Gasteiger charge is -2.12. The zero-order valence-electron chi connectivity index (χ0n) is 10.9. The second-order valence-corrected chi connectivity index (χ2v) is 5.50. The standard InChI is InChI=1S/C16H18ClNO/c17-10-13-9-16(19-11-12-5-1-2-6-12)18-15-8-4-3-7-14(13)15/h3-4,7-9,12H,1-2,5-6,10-11H2. The van der Waals surface area contributed by atoms with E-state index < -0.39 is 0 Å². The van der Waals surface area contributed by atoms with Crippen LogP contribution in [0, 0.1) is 5.92 Å². The third-order valence-corrected chi connectivity index (χ3v) is 4.15. The van der Waals surface area contributed by atoms with Gasteiger partial charge >= 0.3 is 0 Å². The van der Waals surface area contributed by atoms with Crippen molar-refractivity contribution >= 4 is 22.5 Å². The molecule has 0 aliphatic heterocycles. The number of benzene rings is 1. The lowest BCUT2D eigenvalue weighted by molar-refractivity contribution is 0.244. The van der Waals surface area contributed by atoms with E-state index in [9.17, 15) is 0 Å². The van der Waals surface area contributed by atoms with Crippen molar-refractivity contribution in [3.8, 4) is 5.88 Å². The predicted octanol–water partition coefficient (Wildman–Crippen LogP) is 4.54. The topological polar surface area (TPSA) is 22.1 Å². The van der Waals surface area contributed by atoms with Gasteiger partial charge in [0.05, 0.1) is 12.1 Å². The Morgan fingerprint density at radius 2 is 2.00 bits per heavy atom. The van der Waals surface area contributed by atoms with Crippen LogP contribution in [0.15, 0.2) is 30.3 Å². The normalized spacial score (nSPS) is 16.1. The molecule has 0 bridgehead atoms. The van der Waals surface area contributed by atoms with Crippen LogP contribution in [0.25, 0.3) is 10.9 Å². The number of para-hydroxylation sites is 1. The quantitative estimate of drug-likeness (QED) is 0.764. The van der Waals surface area contributed by atoms with E-state index in [1.165, 1.54) is 25.7 Å². The number of nitrogens with zero attached hydrogens (tertiary/aromatic N) is 1. The Kier molecular flexibility index (Phi) is 3.88. The SMILES string of the molecule is ClCc1cc(OCC2CCCC2)nc2ccccc12. The van der Waals surface area contributed by atoms with E-state index >= 15 is 0 Å². The summed E-state index contributed by atoms with van der Waals surface area (Å²) in [6, 6.07) is 10.0. The fourth-order valence-electron chi connectivity index (χ4n) is 2.79. The van der Waals surface area contributed by atoms with Gasteiger partial charge in [0.2, 0.25) is 5.88 Å². The molecule has 2 aromatic rings. The molecule has 3 heteroatoms. The Balaban J connectivity index is 1.82. The number of halogens is 1. The molecule has 0 N–H and O–H groups in total. The lowest BCUT2D eigenvalue weighted by Crippen LogP contribution is -2.09. The highest BCUT2D eigenvalue weighted by Crippen LogP contribution is 2.27. The summed E-state index contributed by atoms with van der Waals surface area (Å²) >= 11 is 6.02. The highest BCUT2D eigenvalue weighted by Gasteiger charge is 2.16. The average molecular weight is 276 g/mol. The summed E-state index contributed by atoms with van der Waals surface area (Å²) in [6.45, 7) is 0.785. The van der Waals surface area contributed by atoms with Gasteiger partial charge < -0.3 is 4.74 Å². The van der Waals surface area contributed by atoms with Gasteiger partial charge in [0.1, 0.15) is 0 Å². The third kappa shape index (κ3) is 2.84. The van der Waals surface area contributed by atoms with E-state index in [-0.39, 0.29) is 0 Å². The molecule has 0 amide bonds. The van der Waals surface area contributed by atoms with Gasteiger partial charge in [0, 0.05) is 17.3 Å². The van der Waals surface area contributed by atoms with E-state index in [0.717, 1.165) is 23.1 Å². The second-order valence-electron chi connectivity index (χ2n) is 5.23. The molecule has 3 rings (SSSR count). The molecule has 0 saturated heterocycles. The third-order valence-electron chi connectivity index (χ3n) is 3.86. The number of fused-ring (bicyclic) bond motifs is 1. The minimum Gasteiger partial charge on any atom is -0.477 e. The molecule has 0 atom stereocenters. The first kappa shape index (κ1) is 12.7. The molecule has 1 aromatic carbocycles. The fourth-order valence-corrected chi connectivity index (χ4v) is 3.01. The Morgan fingerprint density at radius 3 is 2.79 bits per heavy atom. The zero-order valence-corrected chi connectivity index (χ0v) is 11.7. The minimum atomic E-state index is 0.489. The summed E-state index contributed by atoms with van der Waals surface area (Å²) in [7, 11) is 0. The van der Waals surface area contributed by atoms with Crippen molar-refractivity contribution in [2.75, 3.05) is 6.61 Å². The van der Waals surface area contributed by atoms with Gasteiger partial charge in [-0.15, -0.1) is 11.6 Å². The Labute approximate surface area is 118 Å². The minimum absolute atomic E-state index is 0.489. The molecule has 1 fully saturated rings. The molecule has 1 aliphatic rings. The van der Waals surface area contributed by atoms with Crippen molar-refractivity contribution in [3.05, 3.63) is 35.9 Å². The molecule has 19 heavy (non-hydrogen) atoms. The van der Waals surface area contributed by atoms with Crippen molar-refractivity contribution < 1.29 is 4.74 Å². The molecule has 1 aromatic heterocycles. The molecule has 1 saturated carbocycles. The Morgan fingerprint density at radius 1 is 1.21 bits per heavy atom. The van der Waals surface area contributed by atoms with Gasteiger partial charge in [-0.2, -0.15) is 0 Å². The predicted molar refractivity (Wildman–Crippen MR) is 78.8 cm³/mol. The van der Waals surface area contributed by atoms with Crippen LogP contribution in [0.3, 0.4) is 0 Å². The van der Waals surface area contributed by atoms with Crippen LogP contribution in [0.1, 0.15) is 31.2 Å². The number of hydrogen-bond donors (Lipinski definition) is 0. The first-order valence-electron chi connectivity index (χ1n) is 6.94. The maximum absolute atomic E-state index is 6.02. The fraction of sp³-hybridized carbons (Fsp3) is 0.438. The highest BCUT2D eigenvalue weighted by atomic mass is 35.5. The zero-order chi connectivity index (χ0) is 13.1. The van der Waals surface area contributed by atoms with Crippen molar-refractivity contribution in [1.82, 2.24) is 4.98 Å². The van der Waals surface area contributed by atoms with Crippen LogP contribution in [0.4, 0.5) is 0 Å². The number of hydrogen-bond acceptors (Lipinski definition) is 2. The van der Waals surface area contributed by atoms with Gasteiger partial charge in [-0.05, 0) is 30.4 Å². The molecule has 0 spiro atoms. The number of alkyl halides is 1. The number of pyridine rings is 1. The monoisotopic (exact) mass is 275 g/mol. The molecule has 0 radical (unpaired) electrons. The largest absolute Gasteiger partial charge is 0.477 e. The van der Waals surface area contributed by atoms with Crippen LogP contribution >= 0.6 is 11.6 Å². The average Bonchev–Trinajstić information content (AvgIpc) is 2.97. The maximum atomic E-state index is 6.02. The van der Waals surface area contributed by atoms with Crippen LogP contribution in [-0.2, 0) is 5.88 Å². The molecular weight excluding hydrogens is 258 g/mol. The Bertz CT molecular complexity index is 564. The van der Waals surface area contributed by atoms with Crippen molar-refractivity contribution in [2.45, 2.75) is 31.6 Å². The van der Waals surface area contributed by atoms with Crippen LogP contribution in [0.2, 0.25) is 0 Å². The summed E-state index contributed by atoms with van der Waals surface area (Å²) in [5.74, 6) is 1.90. The Hall–Kier alpha value is -1.28. The summed E-state index contributed by atoms with van der Waals surface area (Å²) in [4.78, 5) is 4.56. The summed E-state index contributed by atoms with van der Waals surface area (Å²) in [6.07, 6.45) is 5.25. The maximum Gasteiger partial charge on any atom is 0.214 e. The lowest BCUT2D eigenvalue weighted by atomic mass is 10.1. The van der Waals surface area contributed by atoms with Crippen molar-refractivity contribution in [2.24, 2.45) is 5.92 Å². The molecule has 1 heterocycles. The van der Waals surface area contributed by atoms with Crippen LogP contribution in [0.5, 0.6) is 5.88 Å². The van der Waals surface area contributed by atoms with E-state index in [4.69, 9.17) is 16.3 Å². The highest BCUT2D eigenvalue weighted by molar-refractivity contribution is 6.18. The molecule has 1 aliphatic carbocycles. The smallest absolute Gasteiger partial charge is 0.214 e. The van der Waals surface area contributed by atoms with Gasteiger partial charge in [-0.3, -0.25) is 0 Å². The molecule has 100 valence electrons. The number of rotatable bonds is 4. The van der Waals surface area contributed by atoms with E-state index in [2.05, 4.69) is 11.1 Å². The van der Waals surface area contributed by atoms with Crippen molar-refractivity contribution in [3.63, 3.8) is 0 Å². The molecule has 0 unspecified atom stereocenters. The van der Waals surface area contributed by atoms with E-state index in [1.54, 1.807) is 0 Å². The summed E-state index contributed by atoms with van der Waals surface area (Å²) in [5.41, 5.74) is 2.05. The van der Waals surface area contributed by atoms with Gasteiger partial charge in [0.25, 0.3) is 0 Å². The van der Waals surface area contributed by atoms with Gasteiger partial charge in [-0.25, -0.2) is 4.98 Å². The molecular formula is C16H18ClNO. The summed E-state index contributed by atoms with van der Waals surface area (Å²) < 4.78 is 5.87. The van der Waals surface area contributed by atoms with Crippen molar-refractivity contribution in [1.29, 1.82) is 0 Å². The summed E-state index contributed by atoms with van der Waals surface area (Å²) in [5, 5.41) is 1.12. The number of ether oxygens (including phenoxy) is 1. The van der Waals surface area contributed by atoms with Crippen LogP contribution < -0.4 is 4.74 Å². The first-order chi connectivity index (χ1) is 9.36. The second kappa shape index (κ2) is 5.79. The van der Waals surface area contributed by atoms with E-state index in [1.807, 2.05) is 24.3 Å². The first-order valence-corrected chi connectivity index (χ1v) is 7.47. The molecule has 2 nitrogen and oxygen atoms in total. The number of aromatic nitrogens is 1. The van der Waals surface area contributed by atoms with Gasteiger partial charge in [0.15, 0.2) is 0 Å².